The number of halogens is 2. The van der Waals surface area contributed by atoms with Crippen molar-refractivity contribution in [2.45, 2.75) is 13.0 Å². The van der Waals surface area contributed by atoms with Crippen molar-refractivity contribution in [2.75, 3.05) is 0 Å². The lowest BCUT2D eigenvalue weighted by Crippen LogP contribution is -2.08. The number of rotatable bonds is 4. The van der Waals surface area contributed by atoms with Crippen LogP contribution < -0.4 is 5.73 Å². The van der Waals surface area contributed by atoms with Crippen LogP contribution in [0.5, 0.6) is 0 Å². The number of ketones is 1. The molecular weight excluding hydrogens is 248 g/mol. The van der Waals surface area contributed by atoms with E-state index in [-0.39, 0.29) is 17.8 Å². The summed E-state index contributed by atoms with van der Waals surface area (Å²) in [6.07, 6.45) is 0.123. The lowest BCUT2D eigenvalue weighted by atomic mass is 9.99. The number of carbonyl (C=O) groups is 1. The maximum Gasteiger partial charge on any atom is 0.167 e. The van der Waals surface area contributed by atoms with Gasteiger partial charge in [0.2, 0.25) is 0 Å². The molecule has 0 atom stereocenters. The van der Waals surface area contributed by atoms with Crippen LogP contribution in [0.2, 0.25) is 0 Å². The van der Waals surface area contributed by atoms with Gasteiger partial charge in [-0.25, -0.2) is 8.78 Å². The maximum atomic E-state index is 13.1. The van der Waals surface area contributed by atoms with Gasteiger partial charge in [-0.05, 0) is 29.3 Å². The quantitative estimate of drug-likeness (QED) is 0.860. The van der Waals surface area contributed by atoms with Crippen LogP contribution in [0.4, 0.5) is 8.78 Å². The summed E-state index contributed by atoms with van der Waals surface area (Å²) < 4.78 is 25.9. The predicted molar refractivity (Wildman–Crippen MR) is 68.7 cm³/mol. The molecule has 2 aromatic carbocycles. The highest BCUT2D eigenvalue weighted by Crippen LogP contribution is 2.14. The van der Waals surface area contributed by atoms with E-state index in [0.29, 0.717) is 6.54 Å². The Morgan fingerprint density at radius 2 is 1.68 bits per heavy atom. The van der Waals surface area contributed by atoms with Crippen molar-refractivity contribution in [2.24, 2.45) is 5.73 Å². The summed E-state index contributed by atoms with van der Waals surface area (Å²) in [5, 5.41) is 0. The van der Waals surface area contributed by atoms with Crippen LogP contribution in [0.1, 0.15) is 21.5 Å². The summed E-state index contributed by atoms with van der Waals surface area (Å²) in [7, 11) is 0. The molecule has 0 radical (unpaired) electrons. The lowest BCUT2D eigenvalue weighted by molar-refractivity contribution is 0.0992. The molecule has 19 heavy (non-hydrogen) atoms. The van der Waals surface area contributed by atoms with E-state index in [1.165, 1.54) is 6.07 Å². The molecule has 0 unspecified atom stereocenters. The van der Waals surface area contributed by atoms with Crippen molar-refractivity contribution in [3.8, 4) is 0 Å². The summed E-state index contributed by atoms with van der Waals surface area (Å²) in [4.78, 5) is 12.0. The third-order valence-corrected chi connectivity index (χ3v) is 2.93. The van der Waals surface area contributed by atoms with Crippen LogP contribution in [0.15, 0.2) is 42.5 Å². The summed E-state index contributed by atoms with van der Waals surface area (Å²) >= 11 is 0. The predicted octanol–water partition coefficient (Wildman–Crippen LogP) is 2.85. The first-order chi connectivity index (χ1) is 9.11. The SMILES string of the molecule is NCc1ccccc1CC(=O)c1ccc(F)c(F)c1. The Hall–Kier alpha value is -2.07. The minimum atomic E-state index is -1.02. The van der Waals surface area contributed by atoms with Crippen molar-refractivity contribution < 1.29 is 13.6 Å². The minimum Gasteiger partial charge on any atom is -0.326 e. The van der Waals surface area contributed by atoms with E-state index in [1.807, 2.05) is 18.2 Å². The third-order valence-electron chi connectivity index (χ3n) is 2.93. The Morgan fingerprint density at radius 1 is 1.00 bits per heavy atom. The van der Waals surface area contributed by atoms with Gasteiger partial charge in [0, 0.05) is 18.5 Å². The van der Waals surface area contributed by atoms with Crippen LogP contribution in [-0.2, 0) is 13.0 Å². The Labute approximate surface area is 109 Å². The van der Waals surface area contributed by atoms with Crippen LogP contribution >= 0.6 is 0 Å². The van der Waals surface area contributed by atoms with Crippen molar-refractivity contribution in [3.63, 3.8) is 0 Å². The first-order valence-electron chi connectivity index (χ1n) is 5.87. The Balaban J connectivity index is 2.23. The first-order valence-corrected chi connectivity index (χ1v) is 5.87. The molecule has 4 heteroatoms. The number of benzene rings is 2. The largest absolute Gasteiger partial charge is 0.326 e. The Bertz CT molecular complexity index is 611. The number of hydrogen-bond acceptors (Lipinski definition) is 2. The summed E-state index contributed by atoms with van der Waals surface area (Å²) in [5.74, 6) is -2.24. The monoisotopic (exact) mass is 261 g/mol. The van der Waals surface area contributed by atoms with Crippen LogP contribution in [0.25, 0.3) is 0 Å². The zero-order chi connectivity index (χ0) is 13.8. The third kappa shape index (κ3) is 3.03. The van der Waals surface area contributed by atoms with Crippen molar-refractivity contribution >= 4 is 5.78 Å². The number of carbonyl (C=O) groups excluding carboxylic acids is 1. The van der Waals surface area contributed by atoms with E-state index in [0.717, 1.165) is 23.3 Å². The summed E-state index contributed by atoms with van der Waals surface area (Å²) in [6.45, 7) is 0.335. The van der Waals surface area contributed by atoms with Gasteiger partial charge in [0.1, 0.15) is 0 Å². The lowest BCUT2D eigenvalue weighted by Gasteiger charge is -2.07. The van der Waals surface area contributed by atoms with E-state index in [2.05, 4.69) is 0 Å². The second-order valence-electron chi connectivity index (χ2n) is 4.20. The molecule has 0 bridgehead atoms. The van der Waals surface area contributed by atoms with Gasteiger partial charge in [-0.1, -0.05) is 24.3 Å². The highest BCUT2D eigenvalue weighted by atomic mass is 19.2. The standard InChI is InChI=1S/C15H13F2NO/c16-13-6-5-11(7-14(13)17)15(19)8-10-3-1-2-4-12(10)9-18/h1-7H,8-9,18H2. The molecule has 2 nitrogen and oxygen atoms in total. The summed E-state index contributed by atoms with van der Waals surface area (Å²) in [6, 6.07) is 10.5. The fraction of sp³-hybridized carbons (Fsp3) is 0.133. The molecule has 0 fully saturated rings. The minimum absolute atomic E-state index is 0.123. The smallest absolute Gasteiger partial charge is 0.167 e. The maximum absolute atomic E-state index is 13.1. The molecule has 2 rings (SSSR count). The molecule has 98 valence electrons. The topological polar surface area (TPSA) is 43.1 Å². The molecule has 0 aliphatic rings. The summed E-state index contributed by atoms with van der Waals surface area (Å²) in [5.41, 5.74) is 7.43. The van der Waals surface area contributed by atoms with Crippen molar-refractivity contribution in [3.05, 3.63) is 70.8 Å². The Morgan fingerprint density at radius 3 is 2.32 bits per heavy atom. The second-order valence-corrected chi connectivity index (χ2v) is 4.20. The second kappa shape index (κ2) is 5.71. The molecule has 2 N–H and O–H groups in total. The van der Waals surface area contributed by atoms with Gasteiger partial charge in [-0.3, -0.25) is 4.79 Å². The van der Waals surface area contributed by atoms with Gasteiger partial charge in [-0.15, -0.1) is 0 Å². The highest BCUT2D eigenvalue weighted by molar-refractivity contribution is 5.97. The van der Waals surface area contributed by atoms with Gasteiger partial charge in [0.05, 0.1) is 0 Å². The van der Waals surface area contributed by atoms with E-state index in [1.54, 1.807) is 6.07 Å². The normalized spacial score (nSPS) is 10.5. The van der Waals surface area contributed by atoms with Gasteiger partial charge in [0.25, 0.3) is 0 Å². The fourth-order valence-corrected chi connectivity index (χ4v) is 1.87. The van der Waals surface area contributed by atoms with Gasteiger partial charge in [-0.2, -0.15) is 0 Å². The molecule has 0 heterocycles. The molecule has 0 saturated heterocycles. The van der Waals surface area contributed by atoms with Crippen molar-refractivity contribution in [1.82, 2.24) is 0 Å². The number of hydrogen-bond donors (Lipinski definition) is 1. The highest BCUT2D eigenvalue weighted by Gasteiger charge is 2.12. The number of nitrogens with two attached hydrogens (primary N) is 1. The van der Waals surface area contributed by atoms with E-state index < -0.39 is 11.6 Å². The molecule has 0 aromatic heterocycles. The van der Waals surface area contributed by atoms with Gasteiger partial charge < -0.3 is 5.73 Å². The molecule has 0 aliphatic heterocycles. The zero-order valence-corrected chi connectivity index (χ0v) is 10.2. The first kappa shape index (κ1) is 13.4. The molecule has 0 amide bonds. The average molecular weight is 261 g/mol. The number of Topliss-reactive ketones (excluding diaryl/α,β-unsaturated/α-hetero) is 1. The van der Waals surface area contributed by atoms with Crippen LogP contribution in [0, 0.1) is 11.6 Å². The molecule has 0 saturated carbocycles. The zero-order valence-electron chi connectivity index (χ0n) is 10.2. The van der Waals surface area contributed by atoms with Gasteiger partial charge in [0.15, 0.2) is 17.4 Å². The van der Waals surface area contributed by atoms with E-state index in [4.69, 9.17) is 5.73 Å². The van der Waals surface area contributed by atoms with Gasteiger partial charge >= 0.3 is 0 Å². The van der Waals surface area contributed by atoms with E-state index in [9.17, 15) is 13.6 Å². The van der Waals surface area contributed by atoms with Crippen LogP contribution in [-0.4, -0.2) is 5.78 Å². The van der Waals surface area contributed by atoms with E-state index >= 15 is 0 Å². The molecule has 0 spiro atoms. The molecule has 2 aromatic rings. The Kier molecular flexibility index (Phi) is 4.02. The fourth-order valence-electron chi connectivity index (χ4n) is 1.87. The average Bonchev–Trinajstić information content (AvgIpc) is 2.42. The molecular formula is C15H13F2NO. The van der Waals surface area contributed by atoms with Crippen molar-refractivity contribution in [1.29, 1.82) is 0 Å². The van der Waals surface area contributed by atoms with Crippen LogP contribution in [0.3, 0.4) is 0 Å². The molecule has 0 aliphatic carbocycles.